The minimum atomic E-state index is -0.411. The summed E-state index contributed by atoms with van der Waals surface area (Å²) in [5, 5.41) is 1.51. The first-order valence-electron chi connectivity index (χ1n) is 13.3. The minimum Gasteiger partial charge on any atom is -0.466 e. The van der Waals surface area contributed by atoms with E-state index in [9.17, 15) is 9.18 Å². The Hall–Kier alpha value is -3.73. The van der Waals surface area contributed by atoms with Gasteiger partial charge in [0.15, 0.2) is 5.82 Å². The number of nitrogens with one attached hydrogen (secondary N) is 1. The molecule has 4 aromatic heterocycles. The van der Waals surface area contributed by atoms with Crippen LogP contribution in [-0.4, -0.2) is 37.1 Å². The number of rotatable bonds is 4. The molecule has 8 heteroatoms. The summed E-state index contributed by atoms with van der Waals surface area (Å²) in [4.78, 5) is 30.2. The summed E-state index contributed by atoms with van der Waals surface area (Å²) in [6.07, 6.45) is 13.5. The maximum absolute atomic E-state index is 14.0. The topological polar surface area (TPSA) is 85.7 Å². The second-order valence-electron chi connectivity index (χ2n) is 10.6. The third-order valence-corrected chi connectivity index (χ3v) is 8.35. The molecule has 0 unspecified atom stereocenters. The summed E-state index contributed by atoms with van der Waals surface area (Å²) in [7, 11) is 0. The lowest BCUT2D eigenvalue weighted by Gasteiger charge is -2.47. The van der Waals surface area contributed by atoms with Crippen molar-refractivity contribution < 1.29 is 13.9 Å². The lowest BCUT2D eigenvalue weighted by molar-refractivity contribution is -0.157. The van der Waals surface area contributed by atoms with Gasteiger partial charge in [-0.25, -0.2) is 19.3 Å². The van der Waals surface area contributed by atoms with Crippen LogP contribution in [0.4, 0.5) is 4.39 Å². The molecule has 4 heterocycles. The van der Waals surface area contributed by atoms with Gasteiger partial charge >= 0.3 is 5.97 Å². The van der Waals surface area contributed by atoms with E-state index in [1.165, 1.54) is 12.3 Å². The van der Waals surface area contributed by atoms with E-state index >= 15 is 0 Å². The van der Waals surface area contributed by atoms with E-state index in [1.54, 1.807) is 6.20 Å². The average molecular weight is 498 g/mol. The molecule has 0 aliphatic heterocycles. The van der Waals surface area contributed by atoms with Crippen LogP contribution in [-0.2, 0) is 9.53 Å². The molecule has 37 heavy (non-hydrogen) atoms. The smallest absolute Gasteiger partial charge is 0.311 e. The van der Waals surface area contributed by atoms with E-state index in [0.717, 1.165) is 55.1 Å². The fraction of sp³-hybridized carbons (Fsp3) is 0.448. The van der Waals surface area contributed by atoms with Gasteiger partial charge in [0.2, 0.25) is 0 Å². The first-order valence-corrected chi connectivity index (χ1v) is 13.3. The highest BCUT2D eigenvalue weighted by atomic mass is 19.1. The van der Waals surface area contributed by atoms with Crippen LogP contribution in [0.2, 0.25) is 0 Å². The van der Waals surface area contributed by atoms with Crippen LogP contribution in [0.1, 0.15) is 57.1 Å². The highest BCUT2D eigenvalue weighted by molar-refractivity contribution is 5.93. The third-order valence-electron chi connectivity index (χ3n) is 8.35. The molecule has 7 nitrogen and oxygen atoms in total. The monoisotopic (exact) mass is 497 g/mol. The highest BCUT2D eigenvalue weighted by Gasteiger charge is 2.49. The van der Waals surface area contributed by atoms with Gasteiger partial charge in [0.1, 0.15) is 17.1 Å². The molecule has 4 aliphatic carbocycles. The molecule has 0 aromatic carbocycles. The number of fused-ring (bicyclic) bond motifs is 5. The van der Waals surface area contributed by atoms with Crippen molar-refractivity contribution in [3.63, 3.8) is 0 Å². The largest absolute Gasteiger partial charge is 0.466 e. The van der Waals surface area contributed by atoms with Crippen molar-refractivity contribution in [3.8, 4) is 23.2 Å². The van der Waals surface area contributed by atoms with Gasteiger partial charge in [0, 0.05) is 35.5 Å². The van der Waals surface area contributed by atoms with Crippen LogP contribution in [0.25, 0.3) is 33.5 Å². The summed E-state index contributed by atoms with van der Waals surface area (Å²) >= 11 is 0. The van der Waals surface area contributed by atoms with E-state index in [4.69, 9.17) is 9.72 Å². The number of nitrogens with zero attached hydrogens (tertiary/aromatic N) is 4. The molecular weight excluding hydrogens is 469 g/mol. The van der Waals surface area contributed by atoms with Crippen LogP contribution >= 0.6 is 0 Å². The molecule has 4 fully saturated rings. The zero-order valence-corrected chi connectivity index (χ0v) is 20.7. The Morgan fingerprint density at radius 1 is 1.14 bits per heavy atom. The van der Waals surface area contributed by atoms with Crippen LogP contribution < -0.4 is 0 Å². The molecule has 0 radical (unpaired) electrons. The molecule has 0 amide bonds. The number of ether oxygens (including phenoxy) is 1. The minimum absolute atomic E-state index is 0.0321. The molecule has 4 aromatic rings. The quantitative estimate of drug-likeness (QED) is 0.301. The SMILES string of the molecule is CCOC(=O)[C@@H]1C2CCC(CC2)[C@H]1n1cc(C#CC2CC2)c2cnc(-c3c[nH]c4ncc(F)cc34)nc21. The van der Waals surface area contributed by atoms with Crippen molar-refractivity contribution in [1.82, 2.24) is 24.5 Å². The van der Waals surface area contributed by atoms with Crippen molar-refractivity contribution in [2.75, 3.05) is 6.61 Å². The fourth-order valence-corrected chi connectivity index (χ4v) is 6.44. The molecule has 4 saturated carbocycles. The molecule has 4 aliphatic rings. The van der Waals surface area contributed by atoms with E-state index in [1.807, 2.05) is 13.1 Å². The van der Waals surface area contributed by atoms with Crippen molar-refractivity contribution in [2.24, 2.45) is 23.7 Å². The van der Waals surface area contributed by atoms with Gasteiger partial charge in [-0.15, -0.1) is 0 Å². The van der Waals surface area contributed by atoms with Crippen molar-refractivity contribution in [3.05, 3.63) is 42.2 Å². The summed E-state index contributed by atoms with van der Waals surface area (Å²) < 4.78 is 21.8. The summed E-state index contributed by atoms with van der Waals surface area (Å²) in [5.74, 6) is 7.68. The zero-order chi connectivity index (χ0) is 25.1. The Labute approximate surface area is 213 Å². The second-order valence-corrected chi connectivity index (χ2v) is 10.6. The molecule has 2 atom stereocenters. The number of carbonyl (C=O) groups excluding carboxylic acids is 1. The number of carbonyl (C=O) groups is 1. The van der Waals surface area contributed by atoms with Gasteiger partial charge in [-0.3, -0.25) is 4.79 Å². The predicted molar refractivity (Wildman–Crippen MR) is 137 cm³/mol. The number of aromatic nitrogens is 5. The van der Waals surface area contributed by atoms with Crippen LogP contribution in [0, 0.1) is 41.3 Å². The van der Waals surface area contributed by atoms with Crippen molar-refractivity contribution >= 4 is 28.0 Å². The third kappa shape index (κ3) is 3.79. The van der Waals surface area contributed by atoms with Crippen LogP contribution in [0.3, 0.4) is 0 Å². The normalized spacial score (nSPS) is 24.8. The van der Waals surface area contributed by atoms with Crippen LogP contribution in [0.15, 0.2) is 30.9 Å². The van der Waals surface area contributed by atoms with Gasteiger partial charge in [-0.2, -0.15) is 0 Å². The number of hydrogen-bond acceptors (Lipinski definition) is 5. The van der Waals surface area contributed by atoms with Crippen molar-refractivity contribution in [2.45, 2.75) is 51.5 Å². The number of pyridine rings is 1. The molecule has 2 bridgehead atoms. The molecule has 0 spiro atoms. The molecular formula is C29H28FN5O2. The lowest BCUT2D eigenvalue weighted by Crippen LogP contribution is -2.45. The van der Waals surface area contributed by atoms with Gasteiger partial charge in [0.05, 0.1) is 35.7 Å². The first-order chi connectivity index (χ1) is 18.1. The Morgan fingerprint density at radius 3 is 2.73 bits per heavy atom. The zero-order valence-electron chi connectivity index (χ0n) is 20.7. The number of halogens is 1. The lowest BCUT2D eigenvalue weighted by atomic mass is 9.61. The molecule has 188 valence electrons. The van der Waals surface area contributed by atoms with E-state index in [-0.39, 0.29) is 17.9 Å². The highest BCUT2D eigenvalue weighted by Crippen LogP contribution is 2.52. The Bertz CT molecular complexity index is 1580. The molecule has 1 N–H and O–H groups in total. The predicted octanol–water partition coefficient (Wildman–Crippen LogP) is 5.42. The number of H-pyrrole nitrogens is 1. The Balaban J connectivity index is 1.41. The number of esters is 1. The van der Waals surface area contributed by atoms with Crippen LogP contribution in [0.5, 0.6) is 0 Å². The van der Waals surface area contributed by atoms with E-state index in [0.29, 0.717) is 46.8 Å². The maximum Gasteiger partial charge on any atom is 0.311 e. The fourth-order valence-electron chi connectivity index (χ4n) is 6.44. The molecule has 8 rings (SSSR count). The summed E-state index contributed by atoms with van der Waals surface area (Å²) in [6.45, 7) is 2.24. The second kappa shape index (κ2) is 8.69. The maximum atomic E-state index is 14.0. The van der Waals surface area contributed by atoms with Gasteiger partial charge in [-0.1, -0.05) is 11.8 Å². The van der Waals surface area contributed by atoms with Crippen molar-refractivity contribution in [1.29, 1.82) is 0 Å². The number of aromatic amines is 1. The standard InChI is InChI=1S/C29H28FN5O2/c1-2-37-29(36)24-17-7-9-18(10-8-17)25(24)35-15-19(6-5-16-3-4-16)22-13-33-27(34-28(22)35)23-14-32-26-21(23)11-20(30)12-31-26/h11-18,24-25H,2-4,7-10H2,1H3,(H,31,32)/t17?,18?,24-,25-/m1/s1. The van der Waals surface area contributed by atoms with E-state index in [2.05, 4.69) is 37.6 Å². The van der Waals surface area contributed by atoms with Gasteiger partial charge < -0.3 is 14.3 Å². The van der Waals surface area contributed by atoms with E-state index < -0.39 is 5.82 Å². The average Bonchev–Trinajstić information content (AvgIpc) is 3.55. The van der Waals surface area contributed by atoms with Gasteiger partial charge in [-0.05, 0) is 63.4 Å². The van der Waals surface area contributed by atoms with Gasteiger partial charge in [0.25, 0.3) is 0 Å². The molecule has 0 saturated heterocycles. The Kier molecular flexibility index (Phi) is 5.27. The number of hydrogen-bond donors (Lipinski definition) is 1. The summed E-state index contributed by atoms with van der Waals surface area (Å²) in [5.41, 5.74) is 2.92. The Morgan fingerprint density at radius 2 is 1.95 bits per heavy atom. The summed E-state index contributed by atoms with van der Waals surface area (Å²) in [6, 6.07) is 1.42. The first kappa shape index (κ1) is 22.5.